The smallest absolute Gasteiger partial charge is 0.223 e. The molecule has 1 aliphatic rings. The average Bonchev–Trinajstić information content (AvgIpc) is 2.97. The van der Waals surface area contributed by atoms with Gasteiger partial charge in [-0.25, -0.2) is 4.39 Å². The molecule has 1 amide bonds. The summed E-state index contributed by atoms with van der Waals surface area (Å²) in [7, 11) is 0. The van der Waals surface area contributed by atoms with Crippen LogP contribution in [0.1, 0.15) is 23.4 Å². The molecule has 2 aromatic heterocycles. The molecule has 3 aromatic rings. The van der Waals surface area contributed by atoms with Gasteiger partial charge < -0.3 is 10.3 Å². The van der Waals surface area contributed by atoms with Crippen LogP contribution in [-0.4, -0.2) is 15.9 Å². The predicted molar refractivity (Wildman–Crippen MR) is 89.9 cm³/mol. The van der Waals surface area contributed by atoms with E-state index >= 15 is 0 Å². The van der Waals surface area contributed by atoms with Crippen molar-refractivity contribution in [2.75, 3.05) is 0 Å². The van der Waals surface area contributed by atoms with Gasteiger partial charge in [0.1, 0.15) is 5.82 Å². The first kappa shape index (κ1) is 14.9. The van der Waals surface area contributed by atoms with E-state index in [0.29, 0.717) is 13.0 Å². The fraction of sp³-hybridized carbons (Fsp3) is 0.263. The highest BCUT2D eigenvalue weighted by molar-refractivity contribution is 5.87. The number of halogens is 1. The first-order valence-electron chi connectivity index (χ1n) is 8.17. The molecule has 0 spiro atoms. The largest absolute Gasteiger partial charge is 0.358 e. The van der Waals surface area contributed by atoms with Crippen LogP contribution < -0.4 is 5.32 Å². The Hall–Kier alpha value is -2.69. The molecule has 1 unspecified atom stereocenters. The van der Waals surface area contributed by atoms with E-state index in [4.69, 9.17) is 0 Å². The van der Waals surface area contributed by atoms with E-state index in [-0.39, 0.29) is 17.6 Å². The Kier molecular flexibility index (Phi) is 3.76. The van der Waals surface area contributed by atoms with Crippen molar-refractivity contribution in [2.24, 2.45) is 5.92 Å². The number of aromatic amines is 1. The summed E-state index contributed by atoms with van der Waals surface area (Å²) < 4.78 is 13.5. The number of H-pyrrole nitrogens is 1. The van der Waals surface area contributed by atoms with Crippen molar-refractivity contribution in [1.29, 1.82) is 0 Å². The molecule has 0 bridgehead atoms. The lowest BCUT2D eigenvalue weighted by atomic mass is 9.86. The Balaban J connectivity index is 1.50. The molecule has 1 atom stereocenters. The van der Waals surface area contributed by atoms with Crippen molar-refractivity contribution in [3.8, 4) is 0 Å². The quantitative estimate of drug-likeness (QED) is 0.778. The van der Waals surface area contributed by atoms with E-state index in [0.717, 1.165) is 40.7 Å². The number of hydrogen-bond acceptors (Lipinski definition) is 2. The van der Waals surface area contributed by atoms with Gasteiger partial charge in [-0.3, -0.25) is 9.78 Å². The summed E-state index contributed by atoms with van der Waals surface area (Å²) in [4.78, 5) is 20.0. The highest BCUT2D eigenvalue weighted by Crippen LogP contribution is 2.32. The molecule has 4 nitrogen and oxygen atoms in total. The standard InChI is InChI=1S/C19H18FN3O/c20-13-5-7-18-16(10-13)15-9-12(4-6-17(15)23-18)19(24)22-11-14-3-1-2-8-21-14/h1-3,5,7-8,10,12,23H,4,6,9,11H2,(H,22,24). The number of fused-ring (bicyclic) bond motifs is 3. The number of carbonyl (C=O) groups excluding carboxylic acids is 1. The SMILES string of the molecule is O=C(NCc1ccccn1)C1CCc2[nH]c3ccc(F)cc3c2C1. The Bertz CT molecular complexity index is 888. The lowest BCUT2D eigenvalue weighted by molar-refractivity contribution is -0.125. The van der Waals surface area contributed by atoms with E-state index in [9.17, 15) is 9.18 Å². The van der Waals surface area contributed by atoms with Gasteiger partial charge in [-0.2, -0.15) is 0 Å². The second-order valence-corrected chi connectivity index (χ2v) is 6.25. The molecule has 2 heterocycles. The van der Waals surface area contributed by atoms with Gasteiger partial charge in [0.2, 0.25) is 5.91 Å². The molecule has 0 saturated carbocycles. The summed E-state index contributed by atoms with van der Waals surface area (Å²) in [5.41, 5.74) is 3.99. The van der Waals surface area contributed by atoms with E-state index in [2.05, 4.69) is 15.3 Å². The molecular weight excluding hydrogens is 305 g/mol. The first-order valence-corrected chi connectivity index (χ1v) is 8.17. The number of nitrogens with one attached hydrogen (secondary N) is 2. The minimum atomic E-state index is -0.244. The first-order chi connectivity index (χ1) is 11.7. The fourth-order valence-electron chi connectivity index (χ4n) is 3.44. The summed E-state index contributed by atoms with van der Waals surface area (Å²) in [6, 6.07) is 10.4. The minimum Gasteiger partial charge on any atom is -0.358 e. The van der Waals surface area contributed by atoms with E-state index < -0.39 is 0 Å². The molecular formula is C19H18FN3O. The number of nitrogens with zero attached hydrogens (tertiary/aromatic N) is 1. The molecule has 0 aliphatic heterocycles. The van der Waals surface area contributed by atoms with Gasteiger partial charge in [-0.1, -0.05) is 6.07 Å². The lowest BCUT2D eigenvalue weighted by Crippen LogP contribution is -2.33. The molecule has 0 fully saturated rings. The molecule has 5 heteroatoms. The topological polar surface area (TPSA) is 57.8 Å². The van der Waals surface area contributed by atoms with Crippen molar-refractivity contribution in [3.63, 3.8) is 0 Å². The van der Waals surface area contributed by atoms with Crippen molar-refractivity contribution in [1.82, 2.24) is 15.3 Å². The van der Waals surface area contributed by atoms with Crippen molar-refractivity contribution >= 4 is 16.8 Å². The number of benzene rings is 1. The average molecular weight is 323 g/mol. The maximum absolute atomic E-state index is 13.5. The molecule has 0 saturated heterocycles. The highest BCUT2D eigenvalue weighted by atomic mass is 19.1. The van der Waals surface area contributed by atoms with Crippen molar-refractivity contribution in [3.05, 3.63) is 65.4 Å². The molecule has 4 rings (SSSR count). The normalized spacial score (nSPS) is 16.8. The Morgan fingerprint density at radius 2 is 2.25 bits per heavy atom. The summed E-state index contributed by atoms with van der Waals surface area (Å²) in [6.07, 6.45) is 3.98. The molecule has 0 radical (unpaired) electrons. The molecule has 122 valence electrons. The van der Waals surface area contributed by atoms with Gasteiger partial charge in [-0.05, 0) is 55.2 Å². The number of aryl methyl sites for hydroxylation is 1. The minimum absolute atomic E-state index is 0.0389. The monoisotopic (exact) mass is 323 g/mol. The van der Waals surface area contributed by atoms with Crippen LogP contribution in [-0.2, 0) is 24.2 Å². The van der Waals surface area contributed by atoms with Crippen molar-refractivity contribution < 1.29 is 9.18 Å². The zero-order valence-corrected chi connectivity index (χ0v) is 13.2. The molecule has 1 aromatic carbocycles. The van der Waals surface area contributed by atoms with Gasteiger partial charge in [0.25, 0.3) is 0 Å². The highest BCUT2D eigenvalue weighted by Gasteiger charge is 2.27. The third-order valence-corrected chi connectivity index (χ3v) is 4.69. The van der Waals surface area contributed by atoms with Gasteiger partial charge in [0.05, 0.1) is 12.2 Å². The van der Waals surface area contributed by atoms with Gasteiger partial charge in [-0.15, -0.1) is 0 Å². The zero-order chi connectivity index (χ0) is 16.5. The Labute approximate surface area is 139 Å². The molecule has 1 aliphatic carbocycles. The maximum Gasteiger partial charge on any atom is 0.223 e. The molecule has 2 N–H and O–H groups in total. The van der Waals surface area contributed by atoms with Crippen LogP contribution in [0.4, 0.5) is 4.39 Å². The maximum atomic E-state index is 13.5. The van der Waals surface area contributed by atoms with Crippen LogP contribution in [0.15, 0.2) is 42.6 Å². The predicted octanol–water partition coefficient (Wildman–Crippen LogP) is 3.12. The third kappa shape index (κ3) is 2.77. The van der Waals surface area contributed by atoms with Crippen LogP contribution in [0, 0.1) is 11.7 Å². The Morgan fingerprint density at radius 3 is 3.08 bits per heavy atom. The summed E-state index contributed by atoms with van der Waals surface area (Å²) >= 11 is 0. The third-order valence-electron chi connectivity index (χ3n) is 4.69. The van der Waals surface area contributed by atoms with E-state index in [1.807, 2.05) is 18.2 Å². The number of hydrogen-bond donors (Lipinski definition) is 2. The number of amides is 1. The van der Waals surface area contributed by atoms with Crippen LogP contribution in [0.25, 0.3) is 10.9 Å². The summed E-state index contributed by atoms with van der Waals surface area (Å²) in [5.74, 6) is -0.286. The lowest BCUT2D eigenvalue weighted by Gasteiger charge is -2.21. The van der Waals surface area contributed by atoms with Gasteiger partial charge in [0.15, 0.2) is 0 Å². The van der Waals surface area contributed by atoms with Crippen LogP contribution >= 0.6 is 0 Å². The summed E-state index contributed by atoms with van der Waals surface area (Å²) in [6.45, 7) is 0.436. The van der Waals surface area contributed by atoms with E-state index in [1.54, 1.807) is 18.3 Å². The van der Waals surface area contributed by atoms with Crippen molar-refractivity contribution in [2.45, 2.75) is 25.8 Å². The number of aromatic nitrogens is 2. The molecule has 24 heavy (non-hydrogen) atoms. The van der Waals surface area contributed by atoms with Gasteiger partial charge in [0, 0.05) is 28.7 Å². The number of rotatable bonds is 3. The summed E-state index contributed by atoms with van der Waals surface area (Å²) in [5, 5.41) is 3.86. The zero-order valence-electron chi connectivity index (χ0n) is 13.2. The van der Waals surface area contributed by atoms with E-state index in [1.165, 1.54) is 6.07 Å². The van der Waals surface area contributed by atoms with Crippen LogP contribution in [0.5, 0.6) is 0 Å². The number of carbonyl (C=O) groups is 1. The Morgan fingerprint density at radius 1 is 1.33 bits per heavy atom. The second kappa shape index (κ2) is 6.07. The van der Waals surface area contributed by atoms with Gasteiger partial charge >= 0.3 is 0 Å². The fourth-order valence-corrected chi connectivity index (χ4v) is 3.44. The van der Waals surface area contributed by atoms with Crippen LogP contribution in [0.3, 0.4) is 0 Å². The van der Waals surface area contributed by atoms with Crippen LogP contribution in [0.2, 0.25) is 0 Å². The second-order valence-electron chi connectivity index (χ2n) is 6.25. The number of pyridine rings is 1.